The molecule has 0 radical (unpaired) electrons. The smallest absolute Gasteiger partial charge is 0.323 e. The van der Waals surface area contributed by atoms with Crippen molar-refractivity contribution in [2.75, 3.05) is 16.0 Å². The molecule has 152 valence electrons. The van der Waals surface area contributed by atoms with Crippen LogP contribution < -0.4 is 16.0 Å². The summed E-state index contributed by atoms with van der Waals surface area (Å²) in [4.78, 5) is 24.5. The predicted molar refractivity (Wildman–Crippen MR) is 119 cm³/mol. The minimum atomic E-state index is -0.314. The number of nitrogens with one attached hydrogen (secondary N) is 3. The van der Waals surface area contributed by atoms with E-state index in [0.717, 1.165) is 23.5 Å². The fourth-order valence-electron chi connectivity index (χ4n) is 3.54. The first-order valence-electron chi connectivity index (χ1n) is 9.99. The SMILES string of the molecule is CC(C)c1ccc(NC(=O)Nc2ccccc2NC2=CC(=O)CC(C)(C)C2)cc1. The molecular weight excluding hydrogens is 362 g/mol. The van der Waals surface area contributed by atoms with Crippen molar-refractivity contribution in [3.8, 4) is 0 Å². The molecule has 29 heavy (non-hydrogen) atoms. The van der Waals surface area contributed by atoms with E-state index < -0.39 is 0 Å². The lowest BCUT2D eigenvalue weighted by molar-refractivity contribution is -0.117. The van der Waals surface area contributed by atoms with Crippen LogP contribution in [-0.2, 0) is 4.79 Å². The van der Waals surface area contributed by atoms with Gasteiger partial charge >= 0.3 is 6.03 Å². The van der Waals surface area contributed by atoms with Gasteiger partial charge in [0.1, 0.15) is 0 Å². The lowest BCUT2D eigenvalue weighted by Crippen LogP contribution is -2.25. The highest BCUT2D eigenvalue weighted by atomic mass is 16.2. The first kappa shape index (κ1) is 20.6. The lowest BCUT2D eigenvalue weighted by atomic mass is 9.79. The van der Waals surface area contributed by atoms with Gasteiger partial charge in [-0.15, -0.1) is 0 Å². The van der Waals surface area contributed by atoms with Gasteiger partial charge in [-0.2, -0.15) is 0 Å². The summed E-state index contributed by atoms with van der Waals surface area (Å²) in [5.74, 6) is 0.568. The summed E-state index contributed by atoms with van der Waals surface area (Å²) in [6.07, 6.45) is 3.00. The third kappa shape index (κ3) is 5.70. The number of rotatable bonds is 5. The van der Waals surface area contributed by atoms with Gasteiger partial charge in [-0.05, 0) is 47.6 Å². The Morgan fingerprint density at radius 2 is 1.59 bits per heavy atom. The Morgan fingerprint density at radius 1 is 0.931 bits per heavy atom. The van der Waals surface area contributed by atoms with Crippen molar-refractivity contribution in [2.45, 2.75) is 46.5 Å². The molecule has 0 fully saturated rings. The standard InChI is InChI=1S/C24H29N3O2/c1-16(2)17-9-11-18(12-10-17)26-23(29)27-22-8-6-5-7-21(22)25-19-13-20(28)15-24(3,4)14-19/h5-13,16,25H,14-15H2,1-4H3,(H2,26,27,29). The molecule has 3 N–H and O–H groups in total. The van der Waals surface area contributed by atoms with Crippen LogP contribution in [0.4, 0.5) is 21.9 Å². The zero-order valence-electron chi connectivity index (χ0n) is 17.5. The molecular formula is C24H29N3O2. The second-order valence-electron chi connectivity index (χ2n) is 8.68. The summed E-state index contributed by atoms with van der Waals surface area (Å²) >= 11 is 0. The van der Waals surface area contributed by atoms with Gasteiger partial charge in [0.05, 0.1) is 11.4 Å². The van der Waals surface area contributed by atoms with E-state index in [2.05, 4.69) is 43.6 Å². The van der Waals surface area contributed by atoms with Crippen LogP contribution in [0.15, 0.2) is 60.3 Å². The number of ketones is 1. The van der Waals surface area contributed by atoms with Gasteiger partial charge in [-0.25, -0.2) is 4.79 Å². The van der Waals surface area contributed by atoms with Gasteiger partial charge in [0.2, 0.25) is 0 Å². The molecule has 0 bridgehead atoms. The fourth-order valence-corrected chi connectivity index (χ4v) is 3.54. The van der Waals surface area contributed by atoms with Crippen molar-refractivity contribution in [1.82, 2.24) is 0 Å². The van der Waals surface area contributed by atoms with Gasteiger partial charge in [0.15, 0.2) is 5.78 Å². The van der Waals surface area contributed by atoms with E-state index >= 15 is 0 Å². The first-order chi connectivity index (χ1) is 13.7. The summed E-state index contributed by atoms with van der Waals surface area (Å²) in [5, 5.41) is 9.08. The molecule has 0 aromatic heterocycles. The maximum Gasteiger partial charge on any atom is 0.323 e. The Bertz CT molecular complexity index is 927. The zero-order valence-corrected chi connectivity index (χ0v) is 17.5. The quantitative estimate of drug-likeness (QED) is 0.573. The molecule has 5 heteroatoms. The maximum absolute atomic E-state index is 12.5. The molecule has 5 nitrogen and oxygen atoms in total. The topological polar surface area (TPSA) is 70.2 Å². The molecule has 1 aliphatic rings. The average molecular weight is 392 g/mol. The molecule has 2 aromatic carbocycles. The summed E-state index contributed by atoms with van der Waals surface area (Å²) < 4.78 is 0. The number of carbonyl (C=O) groups excluding carboxylic acids is 2. The predicted octanol–water partition coefficient (Wildman–Crippen LogP) is 6.14. The minimum Gasteiger partial charge on any atom is -0.357 e. The van der Waals surface area contributed by atoms with Gasteiger partial charge in [-0.1, -0.05) is 52.0 Å². The lowest BCUT2D eigenvalue weighted by Gasteiger charge is -2.29. The van der Waals surface area contributed by atoms with E-state index in [1.165, 1.54) is 5.56 Å². The number of para-hydroxylation sites is 2. The van der Waals surface area contributed by atoms with Gasteiger partial charge in [0, 0.05) is 23.9 Å². The van der Waals surface area contributed by atoms with Crippen molar-refractivity contribution in [3.05, 3.63) is 65.9 Å². The number of hydrogen-bond acceptors (Lipinski definition) is 3. The van der Waals surface area contributed by atoms with Crippen molar-refractivity contribution in [1.29, 1.82) is 0 Å². The Kier molecular flexibility index (Phi) is 6.06. The van der Waals surface area contributed by atoms with Crippen molar-refractivity contribution in [2.24, 2.45) is 5.41 Å². The maximum atomic E-state index is 12.5. The van der Waals surface area contributed by atoms with Crippen LogP contribution in [0.1, 0.15) is 52.0 Å². The van der Waals surface area contributed by atoms with E-state index in [1.807, 2.05) is 48.5 Å². The number of amides is 2. The average Bonchev–Trinajstić information content (AvgIpc) is 2.62. The van der Waals surface area contributed by atoms with Crippen LogP contribution in [0.3, 0.4) is 0 Å². The molecule has 0 aliphatic heterocycles. The highest BCUT2D eigenvalue weighted by Crippen LogP contribution is 2.35. The molecule has 0 saturated carbocycles. The number of carbonyl (C=O) groups is 2. The van der Waals surface area contributed by atoms with E-state index in [9.17, 15) is 9.59 Å². The minimum absolute atomic E-state index is 0.0734. The summed E-state index contributed by atoms with van der Waals surface area (Å²) in [5.41, 5.74) is 4.17. The largest absolute Gasteiger partial charge is 0.357 e. The molecule has 1 aliphatic carbocycles. The van der Waals surface area contributed by atoms with Crippen LogP contribution in [0.25, 0.3) is 0 Å². The monoisotopic (exact) mass is 391 g/mol. The number of hydrogen-bond donors (Lipinski definition) is 3. The second-order valence-corrected chi connectivity index (χ2v) is 8.68. The van der Waals surface area contributed by atoms with Crippen LogP contribution in [0.2, 0.25) is 0 Å². The highest BCUT2D eigenvalue weighted by molar-refractivity contribution is 6.02. The molecule has 2 aromatic rings. The normalized spacial score (nSPS) is 15.6. The molecule has 3 rings (SSSR count). The van der Waals surface area contributed by atoms with Gasteiger partial charge in [0.25, 0.3) is 0 Å². The molecule has 0 unspecified atom stereocenters. The van der Waals surface area contributed by atoms with Gasteiger partial charge in [-0.3, -0.25) is 4.79 Å². The first-order valence-corrected chi connectivity index (χ1v) is 9.99. The molecule has 2 amide bonds. The van der Waals surface area contributed by atoms with Crippen LogP contribution in [0, 0.1) is 5.41 Å². The Balaban J connectivity index is 1.69. The van der Waals surface area contributed by atoms with Crippen molar-refractivity contribution < 1.29 is 9.59 Å². The zero-order chi connectivity index (χ0) is 21.0. The van der Waals surface area contributed by atoms with Crippen molar-refractivity contribution >= 4 is 28.9 Å². The summed E-state index contributed by atoms with van der Waals surface area (Å²) in [7, 11) is 0. The van der Waals surface area contributed by atoms with Crippen molar-refractivity contribution in [3.63, 3.8) is 0 Å². The highest BCUT2D eigenvalue weighted by Gasteiger charge is 2.27. The molecule has 0 heterocycles. The fraction of sp³-hybridized carbons (Fsp3) is 0.333. The number of urea groups is 1. The van der Waals surface area contributed by atoms with E-state index in [0.29, 0.717) is 18.0 Å². The Morgan fingerprint density at radius 3 is 2.21 bits per heavy atom. The number of anilines is 3. The molecule has 0 spiro atoms. The number of benzene rings is 2. The molecule has 0 atom stereocenters. The molecule has 0 saturated heterocycles. The van der Waals surface area contributed by atoms with Gasteiger partial charge < -0.3 is 16.0 Å². The summed E-state index contributed by atoms with van der Waals surface area (Å²) in [6.45, 7) is 8.44. The van der Waals surface area contributed by atoms with E-state index in [4.69, 9.17) is 0 Å². The number of allylic oxidation sites excluding steroid dienone is 2. The third-order valence-electron chi connectivity index (χ3n) is 4.96. The Labute approximate surface area is 172 Å². The van der Waals surface area contributed by atoms with Crippen LogP contribution in [-0.4, -0.2) is 11.8 Å². The van der Waals surface area contributed by atoms with E-state index in [1.54, 1.807) is 6.08 Å². The summed E-state index contributed by atoms with van der Waals surface area (Å²) in [6, 6.07) is 15.0. The van der Waals surface area contributed by atoms with E-state index in [-0.39, 0.29) is 17.2 Å². The van der Waals surface area contributed by atoms with Crippen LogP contribution in [0.5, 0.6) is 0 Å². The Hall–Kier alpha value is -3.08. The third-order valence-corrected chi connectivity index (χ3v) is 4.96. The van der Waals surface area contributed by atoms with Crippen LogP contribution >= 0.6 is 0 Å². The second kappa shape index (κ2) is 8.52.